The van der Waals surface area contributed by atoms with Crippen LogP contribution >= 0.6 is 11.6 Å². The van der Waals surface area contributed by atoms with Gasteiger partial charge < -0.3 is 15.0 Å². The zero-order valence-corrected chi connectivity index (χ0v) is 10.5. The number of rotatable bonds is 1. The highest BCUT2D eigenvalue weighted by Gasteiger charge is 2.17. The summed E-state index contributed by atoms with van der Waals surface area (Å²) in [6.07, 6.45) is 0. The summed E-state index contributed by atoms with van der Waals surface area (Å²) in [5.74, 6) is 1.29. The van der Waals surface area contributed by atoms with Crippen molar-refractivity contribution in [3.05, 3.63) is 35.4 Å². The van der Waals surface area contributed by atoms with Crippen LogP contribution in [-0.2, 0) is 0 Å². The number of nitrogens with one attached hydrogen (secondary N) is 2. The molecule has 3 rings (SSSR count). The summed E-state index contributed by atoms with van der Waals surface area (Å²) < 4.78 is 5.49. The molecule has 1 aliphatic rings. The van der Waals surface area contributed by atoms with Crippen LogP contribution in [0, 0.1) is 6.92 Å². The zero-order chi connectivity index (χ0) is 12.7. The molecule has 2 aromatic rings. The number of pyridine rings is 1. The molecule has 0 fully saturated rings. The van der Waals surface area contributed by atoms with Gasteiger partial charge in [-0.05, 0) is 19.1 Å². The average Bonchev–Trinajstić information content (AvgIpc) is 2.68. The third kappa shape index (κ3) is 1.82. The van der Waals surface area contributed by atoms with E-state index in [0.29, 0.717) is 29.0 Å². The van der Waals surface area contributed by atoms with Crippen LogP contribution in [0.2, 0.25) is 5.15 Å². The summed E-state index contributed by atoms with van der Waals surface area (Å²) in [6, 6.07) is 3.72. The Morgan fingerprint density at radius 2 is 2.22 bits per heavy atom. The molecule has 0 spiro atoms. The molecule has 0 amide bonds. The van der Waals surface area contributed by atoms with Crippen molar-refractivity contribution in [2.24, 2.45) is 0 Å². The van der Waals surface area contributed by atoms with Gasteiger partial charge in [-0.25, -0.2) is 9.97 Å². The highest BCUT2D eigenvalue weighted by Crippen LogP contribution is 2.32. The van der Waals surface area contributed by atoms with E-state index in [1.807, 2.05) is 19.1 Å². The summed E-state index contributed by atoms with van der Waals surface area (Å²) in [5.41, 5.74) is 2.92. The summed E-state index contributed by atoms with van der Waals surface area (Å²) in [5, 5.41) is 3.59. The third-order valence-electron chi connectivity index (χ3n) is 2.58. The molecule has 0 saturated carbocycles. The van der Waals surface area contributed by atoms with E-state index in [2.05, 4.69) is 26.8 Å². The third-order valence-corrected chi connectivity index (χ3v) is 2.85. The van der Waals surface area contributed by atoms with Gasteiger partial charge in [0.15, 0.2) is 0 Å². The number of imidazole rings is 1. The zero-order valence-electron chi connectivity index (χ0n) is 9.75. The van der Waals surface area contributed by atoms with Crippen LogP contribution < -0.4 is 10.1 Å². The molecule has 18 heavy (non-hydrogen) atoms. The lowest BCUT2D eigenvalue weighted by Crippen LogP contribution is -2.16. The second-order valence-electron chi connectivity index (χ2n) is 4.05. The fraction of sp³-hybridized carbons (Fsp3) is 0.167. The number of fused-ring (bicyclic) bond motifs is 1. The molecule has 0 saturated heterocycles. The largest absolute Gasteiger partial charge is 0.470 e. The maximum absolute atomic E-state index is 6.06. The number of hydrogen-bond donors (Lipinski definition) is 2. The normalized spacial score (nSPS) is 13.8. The monoisotopic (exact) mass is 262 g/mol. The molecule has 2 N–H and O–H groups in total. The molecule has 1 aliphatic heterocycles. The van der Waals surface area contributed by atoms with Gasteiger partial charge in [0.05, 0.1) is 5.69 Å². The van der Waals surface area contributed by atoms with Gasteiger partial charge >= 0.3 is 0 Å². The molecule has 0 radical (unpaired) electrons. The van der Waals surface area contributed by atoms with Gasteiger partial charge in [-0.3, -0.25) is 0 Å². The van der Waals surface area contributed by atoms with Crippen molar-refractivity contribution in [1.29, 1.82) is 0 Å². The van der Waals surface area contributed by atoms with E-state index in [1.165, 1.54) is 0 Å². The number of hydrogen-bond acceptors (Lipinski definition) is 4. The Labute approximate surface area is 109 Å². The molecular formula is C12H11ClN4O. The molecule has 0 aliphatic carbocycles. The SMILES string of the molecule is C=C1COc2nc(-c3nc(C)[nH]c3Cl)ccc2N1. The van der Waals surface area contributed by atoms with Crippen LogP contribution in [0.25, 0.3) is 11.4 Å². The highest BCUT2D eigenvalue weighted by molar-refractivity contribution is 6.31. The van der Waals surface area contributed by atoms with Crippen molar-refractivity contribution < 1.29 is 4.74 Å². The summed E-state index contributed by atoms with van der Waals surface area (Å²) in [4.78, 5) is 11.6. The van der Waals surface area contributed by atoms with E-state index in [0.717, 1.165) is 17.2 Å². The molecule has 3 heterocycles. The highest BCUT2D eigenvalue weighted by atomic mass is 35.5. The maximum Gasteiger partial charge on any atom is 0.238 e. The van der Waals surface area contributed by atoms with Crippen LogP contribution in [0.15, 0.2) is 24.4 Å². The van der Waals surface area contributed by atoms with Gasteiger partial charge in [-0.1, -0.05) is 18.2 Å². The Morgan fingerprint density at radius 3 is 2.94 bits per heavy atom. The maximum atomic E-state index is 6.06. The Kier molecular flexibility index (Phi) is 2.48. The van der Waals surface area contributed by atoms with Crippen LogP contribution in [0.4, 0.5) is 5.69 Å². The molecule has 0 atom stereocenters. The average molecular weight is 263 g/mol. The Bertz CT molecular complexity index is 635. The number of aromatic amines is 1. The van der Waals surface area contributed by atoms with Crippen molar-refractivity contribution in [2.45, 2.75) is 6.92 Å². The Hall–Kier alpha value is -2.01. The van der Waals surface area contributed by atoms with Gasteiger partial charge in [-0.15, -0.1) is 0 Å². The van der Waals surface area contributed by atoms with Crippen molar-refractivity contribution in [2.75, 3.05) is 11.9 Å². The minimum atomic E-state index is 0.413. The first-order valence-corrected chi connectivity index (χ1v) is 5.82. The quantitative estimate of drug-likeness (QED) is 0.830. The minimum absolute atomic E-state index is 0.413. The van der Waals surface area contributed by atoms with E-state index >= 15 is 0 Å². The Morgan fingerprint density at radius 1 is 1.39 bits per heavy atom. The number of anilines is 1. The van der Waals surface area contributed by atoms with Crippen molar-refractivity contribution in [1.82, 2.24) is 15.0 Å². The number of aryl methyl sites for hydroxylation is 1. The van der Waals surface area contributed by atoms with Gasteiger partial charge in [-0.2, -0.15) is 0 Å². The number of H-pyrrole nitrogens is 1. The molecule has 92 valence electrons. The van der Waals surface area contributed by atoms with Gasteiger partial charge in [0, 0.05) is 5.70 Å². The lowest BCUT2D eigenvalue weighted by Gasteiger charge is -2.20. The topological polar surface area (TPSA) is 62.8 Å². The van der Waals surface area contributed by atoms with E-state index < -0.39 is 0 Å². The number of nitrogens with zero attached hydrogens (tertiary/aromatic N) is 2. The molecule has 0 aromatic carbocycles. The van der Waals surface area contributed by atoms with E-state index in [1.54, 1.807) is 0 Å². The van der Waals surface area contributed by atoms with Gasteiger partial charge in [0.25, 0.3) is 0 Å². The summed E-state index contributed by atoms with van der Waals surface area (Å²) >= 11 is 6.06. The minimum Gasteiger partial charge on any atom is -0.470 e. The molecule has 6 heteroatoms. The van der Waals surface area contributed by atoms with Crippen molar-refractivity contribution in [3.8, 4) is 17.3 Å². The van der Waals surface area contributed by atoms with Crippen molar-refractivity contribution in [3.63, 3.8) is 0 Å². The first-order valence-electron chi connectivity index (χ1n) is 5.44. The van der Waals surface area contributed by atoms with Crippen LogP contribution in [0.3, 0.4) is 0 Å². The molecule has 2 aromatic heterocycles. The smallest absolute Gasteiger partial charge is 0.238 e. The molecular weight excluding hydrogens is 252 g/mol. The van der Waals surface area contributed by atoms with E-state index in [-0.39, 0.29) is 0 Å². The number of halogens is 1. The number of aromatic nitrogens is 3. The van der Waals surface area contributed by atoms with E-state index in [9.17, 15) is 0 Å². The molecule has 0 unspecified atom stereocenters. The fourth-order valence-corrected chi connectivity index (χ4v) is 2.07. The predicted octanol–water partition coefficient (Wildman–Crippen LogP) is 2.75. The number of ether oxygens (including phenoxy) is 1. The second-order valence-corrected chi connectivity index (χ2v) is 4.43. The van der Waals surface area contributed by atoms with Gasteiger partial charge in [0.2, 0.25) is 5.88 Å². The summed E-state index contributed by atoms with van der Waals surface area (Å²) in [7, 11) is 0. The van der Waals surface area contributed by atoms with E-state index in [4.69, 9.17) is 16.3 Å². The molecule has 5 nitrogen and oxygen atoms in total. The van der Waals surface area contributed by atoms with Crippen LogP contribution in [0.5, 0.6) is 5.88 Å². The lowest BCUT2D eigenvalue weighted by molar-refractivity contribution is 0.333. The predicted molar refractivity (Wildman–Crippen MR) is 69.8 cm³/mol. The first-order chi connectivity index (χ1) is 8.63. The second kappa shape index (κ2) is 4.03. The Balaban J connectivity index is 2.05. The van der Waals surface area contributed by atoms with Gasteiger partial charge in [0.1, 0.15) is 29.0 Å². The fourth-order valence-electron chi connectivity index (χ4n) is 1.79. The standard InChI is InChI=1S/C12H11ClN4O/c1-6-5-18-12-9(14-6)4-3-8(17-12)10-11(13)16-7(2)15-10/h3-4,14H,1,5H2,2H3,(H,15,16). The van der Waals surface area contributed by atoms with Crippen LogP contribution in [-0.4, -0.2) is 21.6 Å². The van der Waals surface area contributed by atoms with Crippen molar-refractivity contribution >= 4 is 17.3 Å². The molecule has 0 bridgehead atoms. The van der Waals surface area contributed by atoms with Crippen LogP contribution in [0.1, 0.15) is 5.82 Å². The summed E-state index contributed by atoms with van der Waals surface area (Å²) in [6.45, 7) is 6.07. The lowest BCUT2D eigenvalue weighted by atomic mass is 10.2. The first kappa shape index (κ1) is 11.1.